The number of halogens is 1. The van der Waals surface area contributed by atoms with Crippen LogP contribution in [-0.2, 0) is 26.3 Å². The molecular weight excluding hydrogens is 530 g/mol. The van der Waals surface area contributed by atoms with Gasteiger partial charge in [0, 0.05) is 23.8 Å². The Labute approximate surface area is 210 Å². The standard InChI is InChI=1S/C16H17N9O5S3.ClH/c1-24-16(20-22-23-24)32-4-6-11(14(28)29)25-8(26)3-9(25)33-13(6)19-12(27)10(21-30-2)7-5-31-15(17)18-7;/h5,9,13H,3-4H2,1-2H3,(H2,17,18)(H,19,27)(H,28,29);1H. The molecule has 1 fully saturated rings. The highest BCUT2D eigenvalue weighted by Gasteiger charge is 2.49. The molecule has 2 amide bonds. The van der Waals surface area contributed by atoms with Crippen LogP contribution in [0.3, 0.4) is 0 Å². The number of carboxylic acid groups (broad SMARTS) is 1. The van der Waals surface area contributed by atoms with Gasteiger partial charge < -0.3 is 21.0 Å². The Morgan fingerprint density at radius 3 is 2.79 bits per heavy atom. The highest BCUT2D eigenvalue weighted by Crippen LogP contribution is 2.44. The molecule has 1 saturated heterocycles. The van der Waals surface area contributed by atoms with Gasteiger partial charge in [0.1, 0.15) is 23.9 Å². The van der Waals surface area contributed by atoms with E-state index in [1.54, 1.807) is 12.4 Å². The minimum Gasteiger partial charge on any atom is -0.477 e. The fraction of sp³-hybridized carbons (Fsp3) is 0.375. The van der Waals surface area contributed by atoms with Crippen LogP contribution < -0.4 is 11.1 Å². The first-order valence-electron chi connectivity index (χ1n) is 9.22. The summed E-state index contributed by atoms with van der Waals surface area (Å²) in [5.74, 6) is -2.08. The van der Waals surface area contributed by atoms with Crippen LogP contribution >= 0.6 is 47.3 Å². The zero-order chi connectivity index (χ0) is 23.7. The number of aromatic nitrogens is 5. The number of aliphatic carboxylic acids is 1. The van der Waals surface area contributed by atoms with Gasteiger partial charge in [-0.1, -0.05) is 16.9 Å². The number of fused-ring (bicyclic) bond motifs is 1. The van der Waals surface area contributed by atoms with E-state index >= 15 is 0 Å². The zero-order valence-corrected chi connectivity index (χ0v) is 20.8. The molecule has 0 bridgehead atoms. The van der Waals surface area contributed by atoms with Crippen LogP contribution in [0.5, 0.6) is 0 Å². The summed E-state index contributed by atoms with van der Waals surface area (Å²) in [5, 5.41) is 28.7. The average Bonchev–Trinajstić information content (AvgIpc) is 3.37. The number of carbonyl (C=O) groups is 3. The van der Waals surface area contributed by atoms with Crippen LogP contribution in [0.2, 0.25) is 0 Å². The molecular formula is C16H18ClN9O5S3. The SMILES string of the molecule is CON=C(C(=O)NC1SC2CC(=O)N2C(C(=O)O)=C1CSc1nnnn1C)c1csc(N)n1.Cl. The largest absolute Gasteiger partial charge is 0.477 e. The third-order valence-corrected chi connectivity index (χ3v) is 7.73. The first-order chi connectivity index (χ1) is 15.8. The normalized spacial score (nSPS) is 19.8. The van der Waals surface area contributed by atoms with Crippen molar-refractivity contribution >= 4 is 75.9 Å². The number of rotatable bonds is 8. The molecule has 0 spiro atoms. The van der Waals surface area contributed by atoms with Crippen molar-refractivity contribution in [2.24, 2.45) is 12.2 Å². The summed E-state index contributed by atoms with van der Waals surface area (Å²) in [6, 6.07) is 0. The van der Waals surface area contributed by atoms with Crippen LogP contribution in [0.1, 0.15) is 12.1 Å². The van der Waals surface area contributed by atoms with Crippen molar-refractivity contribution in [3.63, 3.8) is 0 Å². The number of carboxylic acids is 1. The van der Waals surface area contributed by atoms with Gasteiger partial charge in [0.25, 0.3) is 5.91 Å². The number of aryl methyl sites for hydroxylation is 1. The van der Waals surface area contributed by atoms with Crippen LogP contribution in [0.25, 0.3) is 0 Å². The van der Waals surface area contributed by atoms with E-state index < -0.39 is 22.6 Å². The minimum atomic E-state index is -1.27. The average molecular weight is 548 g/mol. The minimum absolute atomic E-state index is 0. The number of carbonyl (C=O) groups excluding carboxylic acids is 2. The monoisotopic (exact) mass is 547 g/mol. The summed E-state index contributed by atoms with van der Waals surface area (Å²) in [5.41, 5.74) is 5.95. The van der Waals surface area contributed by atoms with Crippen molar-refractivity contribution in [2.75, 3.05) is 18.6 Å². The van der Waals surface area contributed by atoms with Gasteiger partial charge >= 0.3 is 5.97 Å². The van der Waals surface area contributed by atoms with Crippen molar-refractivity contribution in [3.8, 4) is 0 Å². The molecule has 0 aromatic carbocycles. The third kappa shape index (κ3) is 4.96. The molecule has 2 aromatic rings. The van der Waals surface area contributed by atoms with Gasteiger partial charge in [-0.2, -0.15) is 0 Å². The fourth-order valence-corrected chi connectivity index (χ4v) is 6.14. The quantitative estimate of drug-likeness (QED) is 0.172. The Morgan fingerprint density at radius 1 is 1.47 bits per heavy atom. The van der Waals surface area contributed by atoms with Crippen molar-refractivity contribution in [3.05, 3.63) is 22.3 Å². The molecule has 4 N–H and O–H groups in total. The van der Waals surface area contributed by atoms with Gasteiger partial charge in [0.2, 0.25) is 11.1 Å². The van der Waals surface area contributed by atoms with E-state index in [1.807, 2.05) is 0 Å². The van der Waals surface area contributed by atoms with E-state index in [1.165, 1.54) is 40.2 Å². The number of thioether (sulfide) groups is 2. The number of tetrazole rings is 1. The van der Waals surface area contributed by atoms with Gasteiger partial charge in [-0.3, -0.25) is 14.5 Å². The summed E-state index contributed by atoms with van der Waals surface area (Å²) in [6.07, 6.45) is 0.170. The molecule has 2 unspecified atom stereocenters. The number of hydrogen-bond acceptors (Lipinski definition) is 13. The lowest BCUT2D eigenvalue weighted by Gasteiger charge is -2.46. The Hall–Kier alpha value is -2.89. The molecule has 2 aliphatic heterocycles. The van der Waals surface area contributed by atoms with E-state index in [-0.39, 0.29) is 52.7 Å². The second-order valence-corrected chi connectivity index (χ2v) is 9.78. The molecule has 0 aliphatic carbocycles. The predicted molar refractivity (Wildman–Crippen MR) is 126 cm³/mol. The Morgan fingerprint density at radius 2 is 2.24 bits per heavy atom. The first kappa shape index (κ1) is 25.7. The number of nitrogens with zero attached hydrogens (tertiary/aromatic N) is 7. The van der Waals surface area contributed by atoms with Gasteiger partial charge in [0.05, 0.1) is 11.8 Å². The topological polar surface area (TPSA) is 191 Å². The first-order valence-corrected chi connectivity index (χ1v) is 12.0. The Balaban J connectivity index is 0.00000324. The van der Waals surface area contributed by atoms with Crippen molar-refractivity contribution in [1.82, 2.24) is 35.4 Å². The van der Waals surface area contributed by atoms with E-state index in [4.69, 9.17) is 10.6 Å². The van der Waals surface area contributed by atoms with E-state index in [0.29, 0.717) is 10.7 Å². The van der Waals surface area contributed by atoms with E-state index in [9.17, 15) is 19.5 Å². The lowest BCUT2D eigenvalue weighted by molar-refractivity contribution is -0.146. The summed E-state index contributed by atoms with van der Waals surface area (Å²) in [6.45, 7) is 0. The molecule has 18 heteroatoms. The van der Waals surface area contributed by atoms with Gasteiger partial charge in [-0.05, 0) is 10.4 Å². The number of anilines is 1. The number of oxime groups is 1. The van der Waals surface area contributed by atoms with Gasteiger partial charge in [0.15, 0.2) is 10.8 Å². The second kappa shape index (κ2) is 10.6. The summed E-state index contributed by atoms with van der Waals surface area (Å²) in [7, 11) is 2.93. The summed E-state index contributed by atoms with van der Waals surface area (Å²) < 4.78 is 1.43. The smallest absolute Gasteiger partial charge is 0.352 e. The second-order valence-electron chi connectivity index (χ2n) is 6.66. The predicted octanol–water partition coefficient (Wildman–Crippen LogP) is -0.100. The van der Waals surface area contributed by atoms with Crippen molar-refractivity contribution in [2.45, 2.75) is 22.3 Å². The maximum absolute atomic E-state index is 13.1. The molecule has 2 aliphatic rings. The molecule has 4 rings (SSSR count). The highest BCUT2D eigenvalue weighted by atomic mass is 35.5. The highest BCUT2D eigenvalue weighted by molar-refractivity contribution is 8.01. The number of β-lactam (4-membered cyclic amide) rings is 1. The molecule has 182 valence electrons. The maximum Gasteiger partial charge on any atom is 0.352 e. The number of nitrogens with two attached hydrogens (primary N) is 1. The number of nitrogen functional groups attached to an aromatic ring is 1. The molecule has 14 nitrogen and oxygen atoms in total. The molecule has 4 heterocycles. The molecule has 0 saturated carbocycles. The van der Waals surface area contributed by atoms with Crippen LogP contribution in [0.4, 0.5) is 5.13 Å². The summed E-state index contributed by atoms with van der Waals surface area (Å²) in [4.78, 5) is 47.5. The van der Waals surface area contributed by atoms with Crippen molar-refractivity contribution < 1.29 is 24.3 Å². The molecule has 0 radical (unpaired) electrons. The van der Waals surface area contributed by atoms with Gasteiger partial charge in [-0.15, -0.1) is 40.6 Å². The summed E-state index contributed by atoms with van der Waals surface area (Å²) >= 11 is 3.58. The van der Waals surface area contributed by atoms with Crippen LogP contribution in [0.15, 0.2) is 27.0 Å². The van der Waals surface area contributed by atoms with Crippen molar-refractivity contribution in [1.29, 1.82) is 0 Å². The van der Waals surface area contributed by atoms with E-state index in [0.717, 1.165) is 11.3 Å². The molecule has 2 aromatic heterocycles. The lowest BCUT2D eigenvalue weighted by atomic mass is 10.1. The maximum atomic E-state index is 13.1. The van der Waals surface area contributed by atoms with Crippen LogP contribution in [0, 0.1) is 0 Å². The third-order valence-electron chi connectivity index (χ3n) is 4.63. The van der Waals surface area contributed by atoms with Gasteiger partial charge in [-0.25, -0.2) is 14.5 Å². The Bertz CT molecular complexity index is 1180. The van der Waals surface area contributed by atoms with Crippen LogP contribution in [-0.4, -0.2) is 82.3 Å². The number of hydrogen-bond donors (Lipinski definition) is 3. The molecule has 34 heavy (non-hydrogen) atoms. The number of amides is 2. The Kier molecular flexibility index (Phi) is 8.01. The van der Waals surface area contributed by atoms with E-state index in [2.05, 4.69) is 31.0 Å². The fourth-order valence-electron chi connectivity index (χ4n) is 3.15. The zero-order valence-electron chi connectivity index (χ0n) is 17.6. The number of thiazole rings is 1. The number of nitrogens with one attached hydrogen (secondary N) is 1. The lowest BCUT2D eigenvalue weighted by Crippen LogP contribution is -2.58. The molecule has 2 atom stereocenters.